The van der Waals surface area contributed by atoms with Crippen LogP contribution >= 0.6 is 11.6 Å². The number of para-hydroxylation sites is 1. The molecular weight excluding hydrogens is 364 g/mol. The minimum Gasteiger partial charge on any atom is -0.483 e. The van der Waals surface area contributed by atoms with Crippen LogP contribution in [-0.4, -0.2) is 20.2 Å². The van der Waals surface area contributed by atoms with Gasteiger partial charge in [0, 0.05) is 21.9 Å². The molecule has 1 atom stereocenters. The lowest BCUT2D eigenvalue weighted by Gasteiger charge is -2.12. The molecule has 4 rings (SSSR count). The summed E-state index contributed by atoms with van der Waals surface area (Å²) in [6.45, 7) is 3.86. The van der Waals surface area contributed by atoms with Gasteiger partial charge in [0.05, 0.1) is 17.3 Å². The largest absolute Gasteiger partial charge is 0.483 e. The Bertz CT molecular complexity index is 1130. The summed E-state index contributed by atoms with van der Waals surface area (Å²) in [6, 6.07) is 14.9. The smallest absolute Gasteiger partial charge is 0.268 e. The second-order valence-corrected chi connectivity index (χ2v) is 6.73. The number of rotatable bonds is 4. The molecule has 0 radical (unpaired) electrons. The van der Waals surface area contributed by atoms with E-state index in [4.69, 9.17) is 16.3 Å². The Hall–Kier alpha value is -3.12. The van der Waals surface area contributed by atoms with Crippen LogP contribution in [0.4, 0.5) is 0 Å². The Morgan fingerprint density at radius 1 is 1.19 bits per heavy atom. The highest BCUT2D eigenvalue weighted by Crippen LogP contribution is 2.27. The summed E-state index contributed by atoms with van der Waals surface area (Å²) in [5.41, 5.74) is 3.20. The molecule has 2 heterocycles. The van der Waals surface area contributed by atoms with E-state index < -0.39 is 0 Å². The Morgan fingerprint density at radius 2 is 2.00 bits per heavy atom. The van der Waals surface area contributed by atoms with Gasteiger partial charge in [0.2, 0.25) is 6.20 Å². The van der Waals surface area contributed by atoms with Crippen LogP contribution in [0.5, 0.6) is 5.75 Å². The molecule has 27 heavy (non-hydrogen) atoms. The highest BCUT2D eigenvalue weighted by molar-refractivity contribution is 6.31. The summed E-state index contributed by atoms with van der Waals surface area (Å²) in [4.78, 5) is 0. The van der Waals surface area contributed by atoms with Crippen LogP contribution < -0.4 is 9.47 Å². The molecule has 0 fully saturated rings. The third-order valence-electron chi connectivity index (χ3n) is 4.43. The highest BCUT2D eigenvalue weighted by atomic mass is 35.5. The van der Waals surface area contributed by atoms with Gasteiger partial charge in [-0.25, -0.2) is 4.68 Å². The number of pyridine rings is 1. The molecule has 0 amide bonds. The van der Waals surface area contributed by atoms with Gasteiger partial charge in [0.15, 0.2) is 0 Å². The van der Waals surface area contributed by atoms with Gasteiger partial charge < -0.3 is 4.74 Å². The molecule has 0 spiro atoms. The lowest BCUT2D eigenvalue weighted by Crippen LogP contribution is -2.30. The quantitative estimate of drug-likeness (QED) is 0.428. The average molecular weight is 382 g/mol. The lowest BCUT2D eigenvalue weighted by molar-refractivity contribution is -0.884. The van der Waals surface area contributed by atoms with Gasteiger partial charge in [-0.3, -0.25) is 5.21 Å². The van der Waals surface area contributed by atoms with E-state index in [1.165, 1.54) is 0 Å². The van der Waals surface area contributed by atoms with Crippen LogP contribution in [0.3, 0.4) is 0 Å². The van der Waals surface area contributed by atoms with Crippen LogP contribution in [0, 0.1) is 6.92 Å². The number of benzene rings is 2. The summed E-state index contributed by atoms with van der Waals surface area (Å²) < 4.78 is 8.84. The first-order valence-corrected chi connectivity index (χ1v) is 8.89. The number of aryl methyl sites for hydroxylation is 1. The molecule has 0 aliphatic rings. The van der Waals surface area contributed by atoms with Crippen molar-refractivity contribution in [3.05, 3.63) is 77.2 Å². The van der Waals surface area contributed by atoms with Crippen LogP contribution in [0.1, 0.15) is 24.3 Å². The van der Waals surface area contributed by atoms with Gasteiger partial charge in [-0.05, 0) is 37.6 Å². The first kappa shape index (κ1) is 17.3. The van der Waals surface area contributed by atoms with Gasteiger partial charge in [0.1, 0.15) is 17.5 Å². The molecule has 7 heteroatoms. The molecule has 2 aromatic carbocycles. The van der Waals surface area contributed by atoms with Crippen molar-refractivity contribution in [1.82, 2.24) is 15.0 Å². The van der Waals surface area contributed by atoms with E-state index in [0.29, 0.717) is 22.0 Å². The van der Waals surface area contributed by atoms with Crippen molar-refractivity contribution in [3.63, 3.8) is 0 Å². The van der Waals surface area contributed by atoms with E-state index in [2.05, 4.69) is 10.3 Å². The summed E-state index contributed by atoms with van der Waals surface area (Å²) in [7, 11) is 0. The van der Waals surface area contributed by atoms with E-state index in [9.17, 15) is 5.21 Å². The zero-order chi connectivity index (χ0) is 19.0. The van der Waals surface area contributed by atoms with Crippen molar-refractivity contribution in [1.29, 1.82) is 0 Å². The number of aromatic nitrogens is 4. The molecule has 4 aromatic rings. The summed E-state index contributed by atoms with van der Waals surface area (Å²) in [6.07, 6.45) is 3.05. The van der Waals surface area contributed by atoms with Crippen LogP contribution in [0.15, 0.2) is 60.9 Å². The van der Waals surface area contributed by atoms with E-state index in [0.717, 1.165) is 21.4 Å². The van der Waals surface area contributed by atoms with E-state index in [-0.39, 0.29) is 6.10 Å². The number of fused-ring (bicyclic) bond motifs is 1. The topological polar surface area (TPSA) is 64.0 Å². The van der Waals surface area contributed by atoms with Crippen LogP contribution in [-0.2, 0) is 0 Å². The van der Waals surface area contributed by atoms with Crippen LogP contribution in [0.2, 0.25) is 5.02 Å². The normalized spacial score (nSPS) is 12.3. The van der Waals surface area contributed by atoms with E-state index in [1.807, 2.05) is 62.5 Å². The Labute approximate surface area is 161 Å². The summed E-state index contributed by atoms with van der Waals surface area (Å²) in [5.74, 6) is 0.663. The van der Waals surface area contributed by atoms with Gasteiger partial charge in [-0.1, -0.05) is 35.0 Å². The number of hydrogen-bond donors (Lipinski definition) is 1. The Kier molecular flexibility index (Phi) is 4.41. The SMILES string of the molecule is Cc1ccc(-n2cc(C(C)Oc3cc[n+](O)c4ccccc34)nn2)cc1Cl. The van der Waals surface area contributed by atoms with Crippen molar-refractivity contribution < 1.29 is 14.7 Å². The number of hydrogen-bond acceptors (Lipinski definition) is 4. The van der Waals surface area contributed by atoms with Crippen molar-refractivity contribution >= 4 is 22.5 Å². The predicted octanol–water partition coefficient (Wildman–Crippen LogP) is 4.05. The predicted molar refractivity (Wildman–Crippen MR) is 101 cm³/mol. The second kappa shape index (κ2) is 6.89. The van der Waals surface area contributed by atoms with Crippen molar-refractivity contribution in [2.75, 3.05) is 0 Å². The number of nitrogens with zero attached hydrogens (tertiary/aromatic N) is 4. The monoisotopic (exact) mass is 381 g/mol. The fourth-order valence-electron chi connectivity index (χ4n) is 2.86. The first-order valence-electron chi connectivity index (χ1n) is 8.51. The molecule has 0 saturated carbocycles. The Morgan fingerprint density at radius 3 is 2.81 bits per heavy atom. The molecule has 0 aliphatic carbocycles. The zero-order valence-electron chi connectivity index (χ0n) is 14.9. The lowest BCUT2D eigenvalue weighted by atomic mass is 10.2. The van der Waals surface area contributed by atoms with E-state index >= 15 is 0 Å². The van der Waals surface area contributed by atoms with Crippen molar-refractivity contribution in [2.45, 2.75) is 20.0 Å². The van der Waals surface area contributed by atoms with Crippen molar-refractivity contribution in [2.24, 2.45) is 0 Å². The summed E-state index contributed by atoms with van der Waals surface area (Å²) in [5, 5.41) is 19.8. The minimum absolute atomic E-state index is 0.322. The number of halogens is 1. The average Bonchev–Trinajstić information content (AvgIpc) is 3.17. The van der Waals surface area contributed by atoms with Gasteiger partial charge in [-0.2, -0.15) is 0 Å². The third kappa shape index (κ3) is 3.31. The maximum atomic E-state index is 9.94. The third-order valence-corrected chi connectivity index (χ3v) is 4.84. The first-order chi connectivity index (χ1) is 13.0. The molecule has 136 valence electrons. The molecule has 1 N–H and O–H groups in total. The second-order valence-electron chi connectivity index (χ2n) is 6.32. The maximum absolute atomic E-state index is 9.94. The maximum Gasteiger partial charge on any atom is 0.268 e. The minimum atomic E-state index is -0.322. The Balaban J connectivity index is 1.61. The fourth-order valence-corrected chi connectivity index (χ4v) is 3.03. The van der Waals surface area contributed by atoms with Gasteiger partial charge in [0.25, 0.3) is 5.52 Å². The standard InChI is InChI=1S/C20H18ClN4O2/c1-13-7-8-15(11-17(13)21)24-12-18(22-23-24)14(2)27-20-9-10-25(26)19-6-4-3-5-16(19)20/h3-12,14,26H,1-2H3/q+1. The molecule has 6 nitrogen and oxygen atoms in total. The number of ether oxygens (including phenoxy) is 1. The molecule has 2 aromatic heterocycles. The van der Waals surface area contributed by atoms with Gasteiger partial charge >= 0.3 is 0 Å². The fraction of sp³-hybridized carbons (Fsp3) is 0.150. The van der Waals surface area contributed by atoms with Gasteiger partial charge in [-0.15, -0.1) is 5.10 Å². The van der Waals surface area contributed by atoms with E-state index in [1.54, 1.807) is 16.9 Å². The van der Waals surface area contributed by atoms with Crippen molar-refractivity contribution in [3.8, 4) is 11.4 Å². The molecular formula is C20H18ClN4O2+. The summed E-state index contributed by atoms with van der Waals surface area (Å²) >= 11 is 6.20. The molecule has 1 unspecified atom stereocenters. The van der Waals surface area contributed by atoms with Crippen LogP contribution in [0.25, 0.3) is 16.6 Å². The molecule has 0 saturated heterocycles. The zero-order valence-corrected chi connectivity index (χ0v) is 15.6. The highest BCUT2D eigenvalue weighted by Gasteiger charge is 2.18. The molecule has 0 bridgehead atoms. The molecule has 0 aliphatic heterocycles.